The van der Waals surface area contributed by atoms with Crippen LogP contribution in [0.25, 0.3) is 10.9 Å². The van der Waals surface area contributed by atoms with Crippen LogP contribution in [0.3, 0.4) is 0 Å². The number of amides is 1. The van der Waals surface area contributed by atoms with Crippen molar-refractivity contribution in [2.45, 2.75) is 33.1 Å². The van der Waals surface area contributed by atoms with Gasteiger partial charge in [0.2, 0.25) is 0 Å². The second-order valence-electron chi connectivity index (χ2n) is 5.24. The van der Waals surface area contributed by atoms with E-state index in [0.717, 1.165) is 11.8 Å². The summed E-state index contributed by atoms with van der Waals surface area (Å²) in [5.41, 5.74) is 1.56. The van der Waals surface area contributed by atoms with Gasteiger partial charge < -0.3 is 9.88 Å². The van der Waals surface area contributed by atoms with Crippen molar-refractivity contribution in [3.05, 3.63) is 35.3 Å². The van der Waals surface area contributed by atoms with E-state index in [1.807, 2.05) is 32.9 Å². The molecule has 1 heterocycles. The third-order valence-corrected chi connectivity index (χ3v) is 3.96. The number of carbonyl (C=O) groups excluding carboxylic acids is 1. The molecular weight excluding hydrogens is 255 g/mol. The molecule has 1 atom stereocenters. The van der Waals surface area contributed by atoms with Crippen molar-refractivity contribution >= 4 is 16.8 Å². The van der Waals surface area contributed by atoms with Gasteiger partial charge in [0.25, 0.3) is 5.91 Å². The highest BCUT2D eigenvalue weighted by Crippen LogP contribution is 2.28. The molecule has 0 spiro atoms. The fourth-order valence-corrected chi connectivity index (χ4v) is 2.25. The van der Waals surface area contributed by atoms with Crippen molar-refractivity contribution in [3.8, 4) is 0 Å². The zero-order valence-electron chi connectivity index (χ0n) is 12.5. The predicted molar refractivity (Wildman–Crippen MR) is 81.7 cm³/mol. The van der Waals surface area contributed by atoms with E-state index in [1.54, 1.807) is 18.0 Å². The number of nitrogens with one attached hydrogen (secondary N) is 1. The van der Waals surface area contributed by atoms with E-state index in [-0.39, 0.29) is 19.1 Å². The molecule has 3 nitrogen and oxygen atoms in total. The molecule has 4 heteroatoms. The molecule has 0 radical (unpaired) electrons. The Labute approximate surface area is 120 Å². The molecule has 110 valence electrons. The molecule has 1 amide bonds. The fourth-order valence-electron chi connectivity index (χ4n) is 2.25. The van der Waals surface area contributed by atoms with Gasteiger partial charge in [0.15, 0.2) is 5.82 Å². The average Bonchev–Trinajstić information content (AvgIpc) is 2.90. The first-order valence-corrected chi connectivity index (χ1v) is 7.06. The van der Waals surface area contributed by atoms with Gasteiger partial charge in [0.1, 0.15) is 5.69 Å². The molecule has 1 aromatic heterocycles. The molecule has 2 aromatic rings. The Hall–Kier alpha value is -1.84. The van der Waals surface area contributed by atoms with Gasteiger partial charge in [-0.05, 0) is 30.9 Å². The summed E-state index contributed by atoms with van der Waals surface area (Å²) in [6, 6.07) is 5.41. The summed E-state index contributed by atoms with van der Waals surface area (Å²) >= 11 is 0. The smallest absolute Gasteiger partial charge is 0.270 e. The third kappa shape index (κ3) is 2.42. The van der Waals surface area contributed by atoms with Crippen LogP contribution >= 0.6 is 0 Å². The Morgan fingerprint density at radius 2 is 2.15 bits per heavy atom. The van der Waals surface area contributed by atoms with Crippen molar-refractivity contribution in [1.29, 1.82) is 0 Å². The van der Waals surface area contributed by atoms with Gasteiger partial charge in [0, 0.05) is 20.4 Å². The first-order chi connectivity index (χ1) is 9.49. The Kier molecular flexibility index (Phi) is 4.12. The second-order valence-corrected chi connectivity index (χ2v) is 5.24. The SMILES string of the molecule is CCC(C)c1ccc2cc(C(=O)N(C)CC)[nH]c2c1F.[HH]. The summed E-state index contributed by atoms with van der Waals surface area (Å²) in [5.74, 6) is -0.191. The highest BCUT2D eigenvalue weighted by Gasteiger charge is 2.17. The zero-order valence-corrected chi connectivity index (χ0v) is 12.5. The van der Waals surface area contributed by atoms with E-state index in [1.165, 1.54) is 0 Å². The lowest BCUT2D eigenvalue weighted by atomic mass is 9.97. The average molecular weight is 278 g/mol. The lowest BCUT2D eigenvalue weighted by Crippen LogP contribution is -2.26. The van der Waals surface area contributed by atoms with E-state index in [9.17, 15) is 9.18 Å². The lowest BCUT2D eigenvalue weighted by molar-refractivity contribution is 0.0797. The molecule has 1 unspecified atom stereocenters. The second kappa shape index (κ2) is 5.65. The predicted octanol–water partition coefficient (Wildman–Crippen LogP) is 4.16. The van der Waals surface area contributed by atoms with Gasteiger partial charge in [-0.2, -0.15) is 0 Å². The molecule has 1 aromatic carbocycles. The molecular formula is C16H23FN2O. The Balaban J connectivity index is 0.00000220. The largest absolute Gasteiger partial charge is 0.348 e. The first kappa shape index (κ1) is 14.6. The number of aromatic amines is 1. The molecule has 0 bridgehead atoms. The molecule has 0 saturated heterocycles. The maximum atomic E-state index is 14.5. The van der Waals surface area contributed by atoms with E-state index < -0.39 is 0 Å². The number of hydrogen-bond donors (Lipinski definition) is 1. The summed E-state index contributed by atoms with van der Waals surface area (Å²) in [6.45, 7) is 6.56. The number of aromatic nitrogens is 1. The maximum Gasteiger partial charge on any atom is 0.270 e. The van der Waals surface area contributed by atoms with E-state index in [2.05, 4.69) is 4.98 Å². The molecule has 0 aliphatic carbocycles. The Morgan fingerprint density at radius 1 is 1.45 bits per heavy atom. The minimum absolute atomic E-state index is 0. The van der Waals surface area contributed by atoms with Crippen molar-refractivity contribution < 1.29 is 10.6 Å². The number of H-pyrrole nitrogens is 1. The van der Waals surface area contributed by atoms with Crippen LogP contribution in [0.15, 0.2) is 18.2 Å². The lowest BCUT2D eigenvalue weighted by Gasteiger charge is -2.12. The van der Waals surface area contributed by atoms with Crippen molar-refractivity contribution in [2.75, 3.05) is 13.6 Å². The molecule has 0 aliphatic rings. The number of nitrogens with zero attached hydrogens (tertiary/aromatic N) is 1. The molecule has 2 rings (SSSR count). The molecule has 20 heavy (non-hydrogen) atoms. The third-order valence-electron chi connectivity index (χ3n) is 3.96. The molecule has 0 saturated carbocycles. The number of rotatable bonds is 4. The van der Waals surface area contributed by atoms with Gasteiger partial charge in [0.05, 0.1) is 5.52 Å². The quantitative estimate of drug-likeness (QED) is 0.895. The molecule has 1 N–H and O–H groups in total. The maximum absolute atomic E-state index is 14.5. The number of hydrogen-bond acceptors (Lipinski definition) is 1. The normalized spacial score (nSPS) is 12.7. The van der Waals surface area contributed by atoms with Gasteiger partial charge in [-0.25, -0.2) is 4.39 Å². The van der Waals surface area contributed by atoms with Gasteiger partial charge in [-0.1, -0.05) is 26.0 Å². The standard InChI is InChI=1S/C16H21FN2O.H2/c1-5-10(3)12-8-7-11-9-13(16(20)19(4)6-2)18-15(11)14(12)17;/h7-10,18H,5-6H2,1-4H3;1H. The summed E-state index contributed by atoms with van der Waals surface area (Å²) in [6.07, 6.45) is 0.882. The van der Waals surface area contributed by atoms with Crippen molar-refractivity contribution in [3.63, 3.8) is 0 Å². The number of carbonyl (C=O) groups is 1. The summed E-state index contributed by atoms with van der Waals surface area (Å²) < 4.78 is 14.5. The van der Waals surface area contributed by atoms with Crippen molar-refractivity contribution in [2.24, 2.45) is 0 Å². The van der Waals surface area contributed by atoms with E-state index in [4.69, 9.17) is 0 Å². The van der Waals surface area contributed by atoms with Crippen LogP contribution in [-0.2, 0) is 0 Å². The topological polar surface area (TPSA) is 36.1 Å². The summed E-state index contributed by atoms with van der Waals surface area (Å²) in [7, 11) is 1.73. The number of fused-ring (bicyclic) bond motifs is 1. The zero-order chi connectivity index (χ0) is 14.9. The molecule has 0 fully saturated rings. The van der Waals surface area contributed by atoms with Gasteiger partial charge in [-0.3, -0.25) is 4.79 Å². The van der Waals surface area contributed by atoms with Crippen LogP contribution in [0.1, 0.15) is 50.6 Å². The van der Waals surface area contributed by atoms with Gasteiger partial charge in [-0.15, -0.1) is 0 Å². The van der Waals surface area contributed by atoms with Crippen molar-refractivity contribution in [1.82, 2.24) is 9.88 Å². The Bertz CT molecular complexity index is 638. The van der Waals surface area contributed by atoms with Crippen LogP contribution in [0.2, 0.25) is 0 Å². The van der Waals surface area contributed by atoms with Crippen LogP contribution in [0, 0.1) is 5.82 Å². The Morgan fingerprint density at radius 3 is 2.75 bits per heavy atom. The van der Waals surface area contributed by atoms with Crippen LogP contribution in [0.4, 0.5) is 4.39 Å². The summed E-state index contributed by atoms with van der Waals surface area (Å²) in [5, 5.41) is 0.738. The number of halogens is 1. The monoisotopic (exact) mass is 278 g/mol. The highest BCUT2D eigenvalue weighted by molar-refractivity contribution is 5.98. The van der Waals surface area contributed by atoms with Crippen LogP contribution in [-0.4, -0.2) is 29.4 Å². The van der Waals surface area contributed by atoms with E-state index >= 15 is 0 Å². The minimum atomic E-state index is -0.241. The first-order valence-electron chi connectivity index (χ1n) is 7.06. The highest BCUT2D eigenvalue weighted by atomic mass is 19.1. The summed E-state index contributed by atoms with van der Waals surface area (Å²) in [4.78, 5) is 16.6. The van der Waals surface area contributed by atoms with Crippen LogP contribution < -0.4 is 0 Å². The minimum Gasteiger partial charge on any atom is -0.348 e. The molecule has 0 aliphatic heterocycles. The fraction of sp³-hybridized carbons (Fsp3) is 0.438. The van der Waals surface area contributed by atoms with E-state index in [0.29, 0.717) is 23.3 Å². The van der Waals surface area contributed by atoms with Crippen LogP contribution in [0.5, 0.6) is 0 Å². The number of benzene rings is 1. The van der Waals surface area contributed by atoms with Gasteiger partial charge >= 0.3 is 0 Å².